The van der Waals surface area contributed by atoms with Gasteiger partial charge in [-0.2, -0.15) is 5.10 Å². The monoisotopic (exact) mass is 376 g/mol. The second kappa shape index (κ2) is 7.18. The number of nitrogens with zero attached hydrogens (tertiary/aromatic N) is 1. The molecule has 4 N–H and O–H groups in total. The predicted octanol–water partition coefficient (Wildman–Crippen LogP) is 1.76. The topological polar surface area (TPSA) is 118 Å². The van der Waals surface area contributed by atoms with Crippen LogP contribution in [-0.4, -0.2) is 31.1 Å². The Morgan fingerprint density at radius 2 is 2.00 bits per heavy atom. The molecule has 0 saturated carbocycles. The summed E-state index contributed by atoms with van der Waals surface area (Å²) in [6, 6.07) is 11.8. The van der Waals surface area contributed by atoms with E-state index < -0.39 is 10.0 Å². The predicted molar refractivity (Wildman–Crippen MR) is 95.8 cm³/mol. The van der Waals surface area contributed by atoms with Crippen LogP contribution >= 0.6 is 11.3 Å². The van der Waals surface area contributed by atoms with Crippen LogP contribution in [0, 0.1) is 0 Å². The van der Waals surface area contributed by atoms with Gasteiger partial charge in [-0.15, -0.1) is 11.3 Å². The number of nitrogens with one attached hydrogen (secondary N) is 2. The molecule has 2 heterocycles. The summed E-state index contributed by atoms with van der Waals surface area (Å²) >= 11 is 1.56. The Kier molecular flexibility index (Phi) is 4.98. The lowest BCUT2D eigenvalue weighted by atomic mass is 10.1. The first kappa shape index (κ1) is 17.3. The smallest absolute Gasteiger partial charge is 0.271 e. The van der Waals surface area contributed by atoms with Crippen molar-refractivity contribution in [3.05, 3.63) is 59.1 Å². The highest BCUT2D eigenvalue weighted by Crippen LogP contribution is 2.22. The van der Waals surface area contributed by atoms with Gasteiger partial charge in [0, 0.05) is 6.54 Å². The number of aromatic amines is 1. The molecule has 0 aliphatic rings. The molecule has 7 nitrogen and oxygen atoms in total. The van der Waals surface area contributed by atoms with Crippen LogP contribution in [0.15, 0.2) is 52.7 Å². The number of nitrogens with two attached hydrogens (primary N) is 1. The quantitative estimate of drug-likeness (QED) is 0.607. The Bertz CT molecular complexity index is 961. The van der Waals surface area contributed by atoms with Crippen LogP contribution in [0.3, 0.4) is 0 Å². The summed E-state index contributed by atoms with van der Waals surface area (Å²) in [6.07, 6.45) is 0.568. The summed E-state index contributed by atoms with van der Waals surface area (Å²) in [6.45, 7) is 0.411. The molecule has 0 radical (unpaired) electrons. The van der Waals surface area contributed by atoms with Gasteiger partial charge in [0.05, 0.1) is 15.5 Å². The number of thiophene rings is 1. The van der Waals surface area contributed by atoms with E-state index in [9.17, 15) is 13.2 Å². The Morgan fingerprint density at radius 3 is 2.64 bits per heavy atom. The van der Waals surface area contributed by atoms with E-state index in [1.807, 2.05) is 17.5 Å². The van der Waals surface area contributed by atoms with Crippen LogP contribution in [0.5, 0.6) is 0 Å². The number of hydrogen-bond donors (Lipinski definition) is 3. The number of amides is 1. The number of hydrogen-bond acceptors (Lipinski definition) is 5. The molecule has 0 spiro atoms. The van der Waals surface area contributed by atoms with Gasteiger partial charge < -0.3 is 5.32 Å². The fraction of sp³-hybridized carbons (Fsp3) is 0.125. The lowest BCUT2D eigenvalue weighted by Crippen LogP contribution is -2.26. The fourth-order valence-electron chi connectivity index (χ4n) is 2.25. The highest BCUT2D eigenvalue weighted by Gasteiger charge is 2.12. The summed E-state index contributed by atoms with van der Waals surface area (Å²) < 4.78 is 22.4. The van der Waals surface area contributed by atoms with E-state index in [1.165, 1.54) is 12.1 Å². The number of rotatable bonds is 6. The Balaban J connectivity index is 1.54. The molecule has 0 atom stereocenters. The van der Waals surface area contributed by atoms with Crippen LogP contribution in [0.25, 0.3) is 10.6 Å². The molecule has 1 amide bonds. The third-order valence-electron chi connectivity index (χ3n) is 3.55. The second-order valence-electron chi connectivity index (χ2n) is 5.34. The van der Waals surface area contributed by atoms with E-state index in [0.29, 0.717) is 18.7 Å². The lowest BCUT2D eigenvalue weighted by Gasteiger charge is -2.04. The van der Waals surface area contributed by atoms with Gasteiger partial charge in [0.1, 0.15) is 0 Å². The number of carbonyl (C=O) groups excluding carboxylic acids is 1. The first-order valence-corrected chi connectivity index (χ1v) is 9.85. The molecule has 9 heteroatoms. The Morgan fingerprint density at radius 1 is 1.24 bits per heavy atom. The standard InChI is InChI=1S/C16H16N4O3S2/c17-25(22,23)12-5-3-11(4-6-12)7-8-18-16(21)14-10-13(19-20-14)15-2-1-9-24-15/h1-6,9-10H,7-8H2,(H,18,21)(H,19,20)(H2,17,22,23). The zero-order valence-corrected chi connectivity index (χ0v) is 14.7. The van der Waals surface area contributed by atoms with Crippen LogP contribution < -0.4 is 10.5 Å². The molecular formula is C16H16N4O3S2. The zero-order valence-electron chi connectivity index (χ0n) is 13.1. The van der Waals surface area contributed by atoms with Gasteiger partial charge >= 0.3 is 0 Å². The average Bonchev–Trinajstić information content (AvgIpc) is 3.25. The van der Waals surface area contributed by atoms with E-state index in [1.54, 1.807) is 29.5 Å². The normalized spacial score (nSPS) is 11.4. The first-order chi connectivity index (χ1) is 11.9. The van der Waals surface area contributed by atoms with Crippen molar-refractivity contribution in [2.24, 2.45) is 5.14 Å². The molecule has 2 aromatic heterocycles. The van der Waals surface area contributed by atoms with E-state index in [2.05, 4.69) is 15.5 Å². The summed E-state index contributed by atoms with van der Waals surface area (Å²) in [5.41, 5.74) is 2.03. The fourth-order valence-corrected chi connectivity index (χ4v) is 3.46. The van der Waals surface area contributed by atoms with Crippen molar-refractivity contribution in [1.29, 1.82) is 0 Å². The molecule has 3 rings (SSSR count). The minimum Gasteiger partial charge on any atom is -0.350 e. The molecule has 0 aliphatic carbocycles. The minimum absolute atomic E-state index is 0.0675. The summed E-state index contributed by atoms with van der Waals surface area (Å²) in [4.78, 5) is 13.2. The highest BCUT2D eigenvalue weighted by atomic mass is 32.2. The first-order valence-electron chi connectivity index (χ1n) is 7.43. The van der Waals surface area contributed by atoms with Gasteiger partial charge in [0.2, 0.25) is 10.0 Å². The third-order valence-corrected chi connectivity index (χ3v) is 5.38. The van der Waals surface area contributed by atoms with Crippen molar-refractivity contribution < 1.29 is 13.2 Å². The van der Waals surface area contributed by atoms with Gasteiger partial charge in [-0.3, -0.25) is 9.89 Å². The second-order valence-corrected chi connectivity index (χ2v) is 7.85. The van der Waals surface area contributed by atoms with Gasteiger partial charge in [-0.05, 0) is 41.6 Å². The maximum Gasteiger partial charge on any atom is 0.271 e. The molecule has 0 bridgehead atoms. The molecule has 130 valence electrons. The van der Waals surface area contributed by atoms with Crippen molar-refractivity contribution in [3.63, 3.8) is 0 Å². The SMILES string of the molecule is NS(=O)(=O)c1ccc(CCNC(=O)c2cc(-c3cccs3)[nH]n2)cc1. The molecule has 0 fully saturated rings. The highest BCUT2D eigenvalue weighted by molar-refractivity contribution is 7.89. The number of sulfonamides is 1. The number of benzene rings is 1. The number of primary sulfonamides is 1. The maximum atomic E-state index is 12.1. The van der Waals surface area contributed by atoms with Gasteiger partial charge in [-0.1, -0.05) is 18.2 Å². The Labute approximate surface area is 148 Å². The van der Waals surface area contributed by atoms with E-state index in [4.69, 9.17) is 5.14 Å². The number of H-pyrrole nitrogens is 1. The molecule has 0 aliphatic heterocycles. The van der Waals surface area contributed by atoms with Gasteiger partial charge in [0.15, 0.2) is 5.69 Å². The van der Waals surface area contributed by atoms with E-state index in [-0.39, 0.29) is 10.8 Å². The van der Waals surface area contributed by atoms with E-state index in [0.717, 1.165) is 16.1 Å². The van der Waals surface area contributed by atoms with Crippen LogP contribution in [0.4, 0.5) is 0 Å². The minimum atomic E-state index is -3.69. The van der Waals surface area contributed by atoms with Crippen molar-refractivity contribution in [2.75, 3.05) is 6.54 Å². The van der Waals surface area contributed by atoms with E-state index >= 15 is 0 Å². The molecule has 0 saturated heterocycles. The summed E-state index contributed by atoms with van der Waals surface area (Å²) in [5.74, 6) is -0.264. The molecule has 0 unspecified atom stereocenters. The molecular weight excluding hydrogens is 360 g/mol. The Hall–Kier alpha value is -2.49. The van der Waals surface area contributed by atoms with Crippen molar-refractivity contribution >= 4 is 27.3 Å². The molecule has 1 aromatic carbocycles. The summed E-state index contributed by atoms with van der Waals surface area (Å²) in [5, 5.41) is 16.7. The number of carbonyl (C=O) groups is 1. The van der Waals surface area contributed by atoms with Crippen LogP contribution in [-0.2, 0) is 16.4 Å². The van der Waals surface area contributed by atoms with Crippen molar-refractivity contribution in [3.8, 4) is 10.6 Å². The maximum absolute atomic E-state index is 12.1. The van der Waals surface area contributed by atoms with Gasteiger partial charge in [-0.25, -0.2) is 13.6 Å². The summed E-state index contributed by atoms with van der Waals surface area (Å²) in [7, 11) is -3.69. The third kappa shape index (κ3) is 4.32. The van der Waals surface area contributed by atoms with Crippen molar-refractivity contribution in [2.45, 2.75) is 11.3 Å². The zero-order chi connectivity index (χ0) is 17.9. The van der Waals surface area contributed by atoms with Crippen LogP contribution in [0.1, 0.15) is 16.1 Å². The average molecular weight is 376 g/mol. The molecule has 3 aromatic rings. The largest absolute Gasteiger partial charge is 0.350 e. The molecule has 25 heavy (non-hydrogen) atoms. The lowest BCUT2D eigenvalue weighted by molar-refractivity contribution is 0.0949. The van der Waals surface area contributed by atoms with Crippen LogP contribution in [0.2, 0.25) is 0 Å². The number of aromatic nitrogens is 2. The van der Waals surface area contributed by atoms with Gasteiger partial charge in [0.25, 0.3) is 5.91 Å². The van der Waals surface area contributed by atoms with Crippen molar-refractivity contribution in [1.82, 2.24) is 15.5 Å².